The predicted molar refractivity (Wildman–Crippen MR) is 71.6 cm³/mol. The van der Waals surface area contributed by atoms with Crippen LogP contribution in [0.2, 0.25) is 0 Å². The van der Waals surface area contributed by atoms with Crippen LogP contribution < -0.4 is 5.32 Å². The maximum atomic E-state index is 6.01. The van der Waals surface area contributed by atoms with Gasteiger partial charge in [0.15, 0.2) is 0 Å². The number of fused-ring (bicyclic) bond motifs is 1. The number of hydrogen-bond acceptors (Lipinski definition) is 3. The third-order valence-electron chi connectivity index (χ3n) is 3.48. The molecule has 0 saturated carbocycles. The number of nitrogens with one attached hydrogen (secondary N) is 1. The summed E-state index contributed by atoms with van der Waals surface area (Å²) in [5.41, 5.74) is 1.49. The standard InChI is InChI=1S/C14H19NOS/c1-2-6-14-11(4-1)8-13(17-14)10-16-12-5-3-7-15-9-12/h1-2,4,6,12-13,15H,3,5,7-10H2/t12-,13?/m0/s1. The lowest BCUT2D eigenvalue weighted by Gasteiger charge is -2.24. The maximum Gasteiger partial charge on any atom is 0.0700 e. The Morgan fingerprint density at radius 1 is 1.35 bits per heavy atom. The Morgan fingerprint density at radius 2 is 2.29 bits per heavy atom. The van der Waals surface area contributed by atoms with Gasteiger partial charge >= 0.3 is 0 Å². The third kappa shape index (κ3) is 2.84. The van der Waals surface area contributed by atoms with Crippen LogP contribution in [0, 0.1) is 0 Å². The van der Waals surface area contributed by atoms with Gasteiger partial charge in [0.05, 0.1) is 12.7 Å². The van der Waals surface area contributed by atoms with E-state index in [-0.39, 0.29) is 0 Å². The van der Waals surface area contributed by atoms with E-state index in [1.54, 1.807) is 0 Å². The summed E-state index contributed by atoms with van der Waals surface area (Å²) in [6.45, 7) is 3.08. The van der Waals surface area contributed by atoms with Crippen LogP contribution in [0.5, 0.6) is 0 Å². The highest BCUT2D eigenvalue weighted by Gasteiger charge is 2.23. The first-order valence-corrected chi connectivity index (χ1v) is 7.36. The van der Waals surface area contributed by atoms with Crippen molar-refractivity contribution in [2.24, 2.45) is 0 Å². The Bertz CT molecular complexity index is 351. The second-order valence-electron chi connectivity index (χ2n) is 4.85. The number of piperidine rings is 1. The highest BCUT2D eigenvalue weighted by atomic mass is 32.2. The first-order chi connectivity index (χ1) is 8.42. The fourth-order valence-corrected chi connectivity index (χ4v) is 3.78. The summed E-state index contributed by atoms with van der Waals surface area (Å²) in [7, 11) is 0. The van der Waals surface area contributed by atoms with Crippen molar-refractivity contribution in [2.45, 2.75) is 35.5 Å². The van der Waals surface area contributed by atoms with Crippen molar-refractivity contribution in [1.29, 1.82) is 0 Å². The van der Waals surface area contributed by atoms with Crippen molar-refractivity contribution in [3.8, 4) is 0 Å². The molecule has 1 unspecified atom stereocenters. The third-order valence-corrected chi connectivity index (χ3v) is 4.77. The fourth-order valence-electron chi connectivity index (χ4n) is 2.55. The Kier molecular flexibility index (Phi) is 3.69. The summed E-state index contributed by atoms with van der Waals surface area (Å²) < 4.78 is 6.01. The molecule has 2 atom stereocenters. The van der Waals surface area contributed by atoms with Gasteiger partial charge in [0, 0.05) is 16.7 Å². The Balaban J connectivity index is 1.48. The van der Waals surface area contributed by atoms with E-state index >= 15 is 0 Å². The van der Waals surface area contributed by atoms with E-state index in [2.05, 4.69) is 29.6 Å². The van der Waals surface area contributed by atoms with Gasteiger partial charge in [-0.2, -0.15) is 0 Å². The lowest BCUT2D eigenvalue weighted by Crippen LogP contribution is -2.36. The largest absolute Gasteiger partial charge is 0.376 e. The summed E-state index contributed by atoms with van der Waals surface area (Å²) in [4.78, 5) is 1.45. The second kappa shape index (κ2) is 5.42. The van der Waals surface area contributed by atoms with Gasteiger partial charge in [0.1, 0.15) is 0 Å². The van der Waals surface area contributed by atoms with Gasteiger partial charge < -0.3 is 10.1 Å². The molecule has 2 heterocycles. The topological polar surface area (TPSA) is 21.3 Å². The highest BCUT2D eigenvalue weighted by molar-refractivity contribution is 8.00. The summed E-state index contributed by atoms with van der Waals surface area (Å²) in [6.07, 6.45) is 4.08. The number of rotatable bonds is 3. The number of ether oxygens (including phenoxy) is 1. The molecule has 0 aromatic heterocycles. The monoisotopic (exact) mass is 249 g/mol. The van der Waals surface area contributed by atoms with E-state index in [1.165, 1.54) is 29.7 Å². The van der Waals surface area contributed by atoms with Crippen LogP contribution in [0.25, 0.3) is 0 Å². The van der Waals surface area contributed by atoms with Gasteiger partial charge in [-0.1, -0.05) is 18.2 Å². The Labute approximate surface area is 107 Å². The minimum Gasteiger partial charge on any atom is -0.376 e. The van der Waals surface area contributed by atoms with Crippen molar-refractivity contribution in [2.75, 3.05) is 19.7 Å². The van der Waals surface area contributed by atoms with Gasteiger partial charge in [-0.25, -0.2) is 0 Å². The molecule has 17 heavy (non-hydrogen) atoms. The number of hydrogen-bond donors (Lipinski definition) is 1. The van der Waals surface area contributed by atoms with Crippen LogP contribution in [0.3, 0.4) is 0 Å². The zero-order valence-electron chi connectivity index (χ0n) is 10.0. The molecule has 2 aliphatic heterocycles. The number of benzene rings is 1. The van der Waals surface area contributed by atoms with Crippen LogP contribution in [0.4, 0.5) is 0 Å². The fraction of sp³-hybridized carbons (Fsp3) is 0.571. The van der Waals surface area contributed by atoms with Crippen molar-refractivity contribution in [1.82, 2.24) is 5.32 Å². The molecule has 1 saturated heterocycles. The smallest absolute Gasteiger partial charge is 0.0700 e. The van der Waals surface area contributed by atoms with Crippen molar-refractivity contribution in [3.05, 3.63) is 29.8 Å². The Morgan fingerprint density at radius 3 is 3.12 bits per heavy atom. The first kappa shape index (κ1) is 11.6. The van der Waals surface area contributed by atoms with E-state index in [1.807, 2.05) is 11.8 Å². The van der Waals surface area contributed by atoms with Gasteiger partial charge in [0.2, 0.25) is 0 Å². The molecule has 0 radical (unpaired) electrons. The molecule has 2 aliphatic rings. The van der Waals surface area contributed by atoms with E-state index in [4.69, 9.17) is 4.74 Å². The Hall–Kier alpha value is -0.510. The van der Waals surface area contributed by atoms with Gasteiger partial charge in [-0.05, 0) is 37.4 Å². The van der Waals surface area contributed by atoms with Crippen molar-refractivity contribution < 1.29 is 4.74 Å². The quantitative estimate of drug-likeness (QED) is 0.889. The van der Waals surface area contributed by atoms with E-state index in [9.17, 15) is 0 Å². The molecule has 0 spiro atoms. The lowest BCUT2D eigenvalue weighted by atomic mass is 10.1. The molecule has 1 fully saturated rings. The zero-order chi connectivity index (χ0) is 11.5. The summed E-state index contributed by atoms with van der Waals surface area (Å²) in [6, 6.07) is 8.72. The summed E-state index contributed by atoms with van der Waals surface area (Å²) in [5.74, 6) is 0. The van der Waals surface area contributed by atoms with Crippen LogP contribution in [0.1, 0.15) is 18.4 Å². The molecule has 92 valence electrons. The van der Waals surface area contributed by atoms with Crippen molar-refractivity contribution >= 4 is 11.8 Å². The molecular formula is C14H19NOS. The zero-order valence-corrected chi connectivity index (χ0v) is 10.8. The molecule has 2 nitrogen and oxygen atoms in total. The number of thioether (sulfide) groups is 1. The van der Waals surface area contributed by atoms with E-state index in [0.29, 0.717) is 11.4 Å². The van der Waals surface area contributed by atoms with Crippen LogP contribution >= 0.6 is 11.8 Å². The van der Waals surface area contributed by atoms with Crippen molar-refractivity contribution in [3.63, 3.8) is 0 Å². The van der Waals surface area contributed by atoms with E-state index in [0.717, 1.165) is 19.7 Å². The van der Waals surface area contributed by atoms with Gasteiger partial charge in [0.25, 0.3) is 0 Å². The normalized spacial score (nSPS) is 28.0. The second-order valence-corrected chi connectivity index (χ2v) is 6.20. The molecule has 1 aromatic carbocycles. The molecular weight excluding hydrogens is 230 g/mol. The van der Waals surface area contributed by atoms with Crippen LogP contribution in [0.15, 0.2) is 29.2 Å². The maximum absolute atomic E-state index is 6.01. The predicted octanol–water partition coefficient (Wildman–Crippen LogP) is 2.47. The molecule has 3 heteroatoms. The summed E-state index contributed by atoms with van der Waals surface area (Å²) in [5, 5.41) is 4.02. The van der Waals surface area contributed by atoms with Crippen LogP contribution in [-0.4, -0.2) is 31.1 Å². The highest BCUT2D eigenvalue weighted by Crippen LogP contribution is 2.36. The molecule has 1 aromatic rings. The average molecular weight is 249 g/mol. The molecule has 1 N–H and O–H groups in total. The molecule has 0 bridgehead atoms. The average Bonchev–Trinajstić information content (AvgIpc) is 2.80. The SMILES string of the molecule is c1ccc2c(c1)CC(CO[C@H]1CCCNC1)S2. The molecule has 0 aliphatic carbocycles. The minimum absolute atomic E-state index is 0.438. The molecule has 3 rings (SSSR count). The minimum atomic E-state index is 0.438. The van der Waals surface area contributed by atoms with Gasteiger partial charge in [-0.15, -0.1) is 11.8 Å². The molecule has 0 amide bonds. The summed E-state index contributed by atoms with van der Waals surface area (Å²) >= 11 is 1.98. The lowest BCUT2D eigenvalue weighted by molar-refractivity contribution is 0.0383. The van der Waals surface area contributed by atoms with Gasteiger partial charge in [-0.3, -0.25) is 0 Å². The van der Waals surface area contributed by atoms with E-state index < -0.39 is 0 Å². The van der Waals surface area contributed by atoms with Crippen LogP contribution in [-0.2, 0) is 11.2 Å². The first-order valence-electron chi connectivity index (χ1n) is 6.49.